The Morgan fingerprint density at radius 1 is 0.821 bits per heavy atom. The Balaban J connectivity index is 0.000000161. The molecule has 0 saturated carbocycles. The minimum absolute atomic E-state index is 0.203. The maximum absolute atomic E-state index is 11.7. The van der Waals surface area contributed by atoms with E-state index in [2.05, 4.69) is 46.9 Å². The van der Waals surface area contributed by atoms with Crippen molar-refractivity contribution in [3.05, 3.63) is 84.7 Å². The molecule has 0 aliphatic carbocycles. The molecule has 0 amide bonds. The van der Waals surface area contributed by atoms with Crippen LogP contribution in [0.1, 0.15) is 24.2 Å². The first-order valence-electron chi connectivity index (χ1n) is 9.62. The van der Waals surface area contributed by atoms with Gasteiger partial charge in [-0.05, 0) is 37.4 Å². The molecular formula is C24H25N3O. The molecule has 0 bridgehead atoms. The van der Waals surface area contributed by atoms with Crippen molar-refractivity contribution in [1.82, 2.24) is 14.9 Å². The summed E-state index contributed by atoms with van der Waals surface area (Å²) in [5, 5.41) is 2.28. The van der Waals surface area contributed by atoms with Crippen LogP contribution in [-0.2, 0) is 0 Å². The van der Waals surface area contributed by atoms with Gasteiger partial charge in [-0.2, -0.15) is 0 Å². The van der Waals surface area contributed by atoms with E-state index in [4.69, 9.17) is 0 Å². The van der Waals surface area contributed by atoms with E-state index in [0.717, 1.165) is 40.5 Å². The van der Waals surface area contributed by atoms with Crippen molar-refractivity contribution in [3.8, 4) is 0 Å². The zero-order chi connectivity index (χ0) is 19.8. The van der Waals surface area contributed by atoms with Crippen molar-refractivity contribution in [3.63, 3.8) is 0 Å². The Morgan fingerprint density at radius 3 is 2.29 bits per heavy atom. The number of carbonyl (C=O) groups is 1. The Kier molecular flexibility index (Phi) is 6.82. The first-order chi connectivity index (χ1) is 13.7. The van der Waals surface area contributed by atoms with Gasteiger partial charge in [0.25, 0.3) is 0 Å². The fourth-order valence-corrected chi connectivity index (χ4v) is 3.06. The number of rotatable bonds is 5. The molecule has 2 aromatic heterocycles. The van der Waals surface area contributed by atoms with Crippen LogP contribution in [-0.4, -0.2) is 40.3 Å². The van der Waals surface area contributed by atoms with E-state index in [0.29, 0.717) is 6.54 Å². The molecule has 0 atom stereocenters. The fraction of sp³-hybridized carbons (Fsp3) is 0.208. The zero-order valence-corrected chi connectivity index (χ0v) is 16.4. The molecule has 4 heteroatoms. The monoisotopic (exact) mass is 371 g/mol. The van der Waals surface area contributed by atoms with Crippen LogP contribution in [0.15, 0.2) is 79.1 Å². The first-order valence-corrected chi connectivity index (χ1v) is 9.62. The summed E-state index contributed by atoms with van der Waals surface area (Å²) >= 11 is 0. The Hall–Kier alpha value is -3.11. The zero-order valence-electron chi connectivity index (χ0n) is 16.4. The molecule has 2 heterocycles. The number of fused-ring (bicyclic) bond motifs is 3. The summed E-state index contributed by atoms with van der Waals surface area (Å²) in [6.07, 6.45) is 3.62. The normalized spacial score (nSPS) is 10.7. The molecule has 0 saturated heterocycles. The van der Waals surface area contributed by atoms with Gasteiger partial charge < -0.3 is 0 Å². The number of Topliss-reactive ketones (excluding diaryl/α,β-unsaturated/α-hetero) is 1. The van der Waals surface area contributed by atoms with Crippen LogP contribution in [0.5, 0.6) is 0 Å². The van der Waals surface area contributed by atoms with Crippen LogP contribution in [0, 0.1) is 0 Å². The Labute approximate surface area is 165 Å². The van der Waals surface area contributed by atoms with Crippen molar-refractivity contribution < 1.29 is 4.79 Å². The Bertz CT molecular complexity index is 988. The van der Waals surface area contributed by atoms with Gasteiger partial charge in [-0.1, -0.05) is 56.3 Å². The van der Waals surface area contributed by atoms with Crippen molar-refractivity contribution in [2.75, 3.05) is 19.6 Å². The van der Waals surface area contributed by atoms with Gasteiger partial charge in [-0.15, -0.1) is 0 Å². The van der Waals surface area contributed by atoms with E-state index in [1.165, 1.54) is 0 Å². The molecule has 4 nitrogen and oxygen atoms in total. The second-order valence-corrected chi connectivity index (χ2v) is 6.46. The third-order valence-corrected chi connectivity index (χ3v) is 4.71. The Morgan fingerprint density at radius 2 is 1.54 bits per heavy atom. The molecule has 0 unspecified atom stereocenters. The molecule has 0 aliphatic heterocycles. The maximum atomic E-state index is 11.7. The van der Waals surface area contributed by atoms with Crippen molar-refractivity contribution in [2.24, 2.45) is 0 Å². The molecule has 0 N–H and O–H groups in total. The van der Waals surface area contributed by atoms with Gasteiger partial charge >= 0.3 is 0 Å². The molecular weight excluding hydrogens is 346 g/mol. The lowest BCUT2D eigenvalue weighted by atomic mass is 10.1. The quantitative estimate of drug-likeness (QED) is 0.366. The molecule has 0 radical (unpaired) electrons. The molecule has 0 aliphatic rings. The lowest BCUT2D eigenvalue weighted by Crippen LogP contribution is -2.29. The van der Waals surface area contributed by atoms with Gasteiger partial charge in [0.1, 0.15) is 0 Å². The van der Waals surface area contributed by atoms with Crippen molar-refractivity contribution >= 4 is 27.6 Å². The second kappa shape index (κ2) is 9.72. The fourth-order valence-electron chi connectivity index (χ4n) is 3.06. The second-order valence-electron chi connectivity index (χ2n) is 6.46. The van der Waals surface area contributed by atoms with Crippen LogP contribution >= 0.6 is 0 Å². The van der Waals surface area contributed by atoms with Crippen LogP contribution < -0.4 is 0 Å². The number of aromatic nitrogens is 2. The molecule has 2 aromatic carbocycles. The average Bonchev–Trinajstić information content (AvgIpc) is 2.78. The number of carbonyl (C=O) groups excluding carboxylic acids is 1. The minimum Gasteiger partial charge on any atom is -0.296 e. The smallest absolute Gasteiger partial charge is 0.176 e. The highest BCUT2D eigenvalue weighted by Gasteiger charge is 2.08. The van der Waals surface area contributed by atoms with Gasteiger partial charge in [0, 0.05) is 28.7 Å². The van der Waals surface area contributed by atoms with Gasteiger partial charge in [-0.3, -0.25) is 19.7 Å². The van der Waals surface area contributed by atoms with Crippen LogP contribution in [0.2, 0.25) is 0 Å². The lowest BCUT2D eigenvalue weighted by Gasteiger charge is -2.16. The molecule has 142 valence electrons. The molecule has 4 rings (SSSR count). The summed E-state index contributed by atoms with van der Waals surface area (Å²) in [5.41, 5.74) is 2.83. The summed E-state index contributed by atoms with van der Waals surface area (Å²) in [5.74, 6) is 0.203. The summed E-state index contributed by atoms with van der Waals surface area (Å²) in [7, 11) is 0. The van der Waals surface area contributed by atoms with Crippen molar-refractivity contribution in [2.45, 2.75) is 13.8 Å². The van der Waals surface area contributed by atoms with Crippen molar-refractivity contribution in [1.29, 1.82) is 0 Å². The van der Waals surface area contributed by atoms with Gasteiger partial charge in [0.15, 0.2) is 5.78 Å². The van der Waals surface area contributed by atoms with Crippen LogP contribution in [0.25, 0.3) is 21.8 Å². The van der Waals surface area contributed by atoms with E-state index in [1.54, 1.807) is 6.20 Å². The third-order valence-electron chi connectivity index (χ3n) is 4.71. The van der Waals surface area contributed by atoms with E-state index < -0.39 is 0 Å². The average molecular weight is 371 g/mol. The SMILES string of the molecule is CCN(CC)CC(=O)c1ccccc1.c1cnc2c(c1)ccc1ncccc12. The summed E-state index contributed by atoms with van der Waals surface area (Å²) in [4.78, 5) is 22.5. The number of likely N-dealkylation sites (N-methyl/N-ethyl adjacent to an activating group) is 1. The van der Waals surface area contributed by atoms with E-state index in [1.807, 2.05) is 54.7 Å². The van der Waals surface area contributed by atoms with E-state index in [-0.39, 0.29) is 5.78 Å². The number of nitrogens with zero attached hydrogens (tertiary/aromatic N) is 3. The number of hydrogen-bond acceptors (Lipinski definition) is 4. The summed E-state index contributed by atoms with van der Waals surface area (Å²) < 4.78 is 0. The predicted octanol–water partition coefficient (Wildman–Crippen LogP) is 4.99. The lowest BCUT2D eigenvalue weighted by molar-refractivity contribution is 0.0937. The van der Waals surface area contributed by atoms with Gasteiger partial charge in [0.2, 0.25) is 0 Å². The molecule has 0 fully saturated rings. The highest BCUT2D eigenvalue weighted by atomic mass is 16.1. The number of hydrogen-bond donors (Lipinski definition) is 0. The van der Waals surface area contributed by atoms with Gasteiger partial charge in [0.05, 0.1) is 17.6 Å². The minimum atomic E-state index is 0.203. The highest BCUT2D eigenvalue weighted by molar-refractivity contribution is 6.03. The van der Waals surface area contributed by atoms with E-state index in [9.17, 15) is 4.79 Å². The first kappa shape index (κ1) is 19.6. The predicted molar refractivity (Wildman–Crippen MR) is 116 cm³/mol. The summed E-state index contributed by atoms with van der Waals surface area (Å²) in [6, 6.07) is 21.5. The van der Waals surface area contributed by atoms with Crippen LogP contribution in [0.4, 0.5) is 0 Å². The third kappa shape index (κ3) is 4.78. The molecule has 28 heavy (non-hydrogen) atoms. The standard InChI is InChI=1S/C12H8N2.C12H17NO/c1-3-9-5-6-11-10(4-2-7-13-11)12(9)14-8-1;1-3-13(4-2)10-12(14)11-8-6-5-7-9-11/h1-8H;5-9H,3-4,10H2,1-2H3. The molecule has 4 aromatic rings. The summed E-state index contributed by atoms with van der Waals surface area (Å²) in [6.45, 7) is 6.52. The topological polar surface area (TPSA) is 46.1 Å². The highest BCUT2D eigenvalue weighted by Crippen LogP contribution is 2.20. The largest absolute Gasteiger partial charge is 0.296 e. The molecule has 0 spiro atoms. The van der Waals surface area contributed by atoms with E-state index >= 15 is 0 Å². The van der Waals surface area contributed by atoms with Gasteiger partial charge in [-0.25, -0.2) is 0 Å². The van der Waals surface area contributed by atoms with Crippen LogP contribution in [0.3, 0.4) is 0 Å². The number of pyridine rings is 2. The number of benzene rings is 2. The number of ketones is 1. The maximum Gasteiger partial charge on any atom is 0.176 e.